The Hall–Kier alpha value is -2.19. The van der Waals surface area contributed by atoms with Crippen LogP contribution in [0.3, 0.4) is 0 Å². The van der Waals surface area contributed by atoms with Crippen molar-refractivity contribution in [2.45, 2.75) is 103 Å². The van der Waals surface area contributed by atoms with Gasteiger partial charge in [0.1, 0.15) is 28.8 Å². The minimum Gasteiger partial charge on any atom is -0.444 e. The number of Topliss-reactive ketones (excluding diaryl/α,β-unsaturated/α-hetero) is 1. The van der Waals surface area contributed by atoms with Gasteiger partial charge in [0.05, 0.1) is 0 Å². The highest BCUT2D eigenvalue weighted by atomic mass is 35.5. The monoisotopic (exact) mass is 585 g/mol. The van der Waals surface area contributed by atoms with Crippen molar-refractivity contribution in [2.75, 3.05) is 6.61 Å². The maximum absolute atomic E-state index is 13.7. The Morgan fingerprint density at radius 2 is 1.43 bits per heavy atom. The molecule has 1 heterocycles. The maximum atomic E-state index is 13.7. The molecule has 1 saturated heterocycles. The molecule has 0 spiro atoms. The summed E-state index contributed by atoms with van der Waals surface area (Å²) in [6.07, 6.45) is -1.56. The van der Waals surface area contributed by atoms with Gasteiger partial charge < -0.3 is 13.9 Å². The fraction of sp³-hybridized carbons (Fsp3) is 0.562. The third-order valence-corrected chi connectivity index (χ3v) is 13.4. The van der Waals surface area contributed by atoms with Crippen LogP contribution in [0.4, 0.5) is 4.79 Å². The lowest BCUT2D eigenvalue weighted by Gasteiger charge is -2.47. The highest BCUT2D eigenvalue weighted by Gasteiger charge is 2.71. The first-order chi connectivity index (χ1) is 18.4. The van der Waals surface area contributed by atoms with Gasteiger partial charge >= 0.3 is 6.09 Å². The number of ketones is 1. The smallest absolute Gasteiger partial charge is 0.413 e. The van der Waals surface area contributed by atoms with Gasteiger partial charge in [-0.05, 0) is 42.6 Å². The van der Waals surface area contributed by atoms with Crippen LogP contribution in [0.15, 0.2) is 60.7 Å². The minimum absolute atomic E-state index is 0.198. The summed E-state index contributed by atoms with van der Waals surface area (Å²) in [5.41, 5.74) is -1.15. The van der Waals surface area contributed by atoms with Crippen molar-refractivity contribution in [3.05, 3.63) is 60.7 Å². The molecule has 1 saturated carbocycles. The van der Waals surface area contributed by atoms with Gasteiger partial charge in [-0.3, -0.25) is 9.69 Å². The van der Waals surface area contributed by atoms with Gasteiger partial charge in [0.2, 0.25) is 0 Å². The summed E-state index contributed by atoms with van der Waals surface area (Å²) in [6, 6.07) is 20.0. The highest BCUT2D eigenvalue weighted by Crippen LogP contribution is 2.51. The summed E-state index contributed by atoms with van der Waals surface area (Å²) in [6.45, 7) is 18.3. The third-order valence-electron chi connectivity index (χ3n) is 7.79. The lowest BCUT2D eigenvalue weighted by molar-refractivity contribution is -0.142. The van der Waals surface area contributed by atoms with Gasteiger partial charge in [-0.15, -0.1) is 11.6 Å². The molecule has 0 unspecified atom stereocenters. The number of alkyl halides is 1. The highest BCUT2D eigenvalue weighted by molar-refractivity contribution is 6.99. The zero-order valence-corrected chi connectivity index (χ0v) is 27.0. The van der Waals surface area contributed by atoms with Gasteiger partial charge in [-0.1, -0.05) is 102 Å². The lowest BCUT2D eigenvalue weighted by atomic mass is 9.72. The SMILES string of the molecule is CC(C)(C)OC(=O)N1[C@H]2C(=O)[C@@](Cl)(CCO[Si](c3ccccc3)(c3ccccc3)C(C)(C)C)[C@H]2O[C@@H]1C(C)(C)C. The second-order valence-electron chi connectivity index (χ2n) is 14.1. The molecule has 0 bridgehead atoms. The Morgan fingerprint density at radius 3 is 1.85 bits per heavy atom. The topological polar surface area (TPSA) is 65.1 Å². The molecule has 4 atom stereocenters. The molecule has 1 aliphatic carbocycles. The van der Waals surface area contributed by atoms with E-state index in [1.165, 1.54) is 4.90 Å². The first kappa shape index (κ1) is 30.8. The number of rotatable bonds is 6. The van der Waals surface area contributed by atoms with Gasteiger partial charge in [-0.2, -0.15) is 0 Å². The van der Waals surface area contributed by atoms with E-state index in [1.54, 1.807) is 0 Å². The first-order valence-electron chi connectivity index (χ1n) is 14.1. The van der Waals surface area contributed by atoms with Crippen molar-refractivity contribution < 1.29 is 23.5 Å². The quantitative estimate of drug-likeness (QED) is 0.312. The number of fused-ring (bicyclic) bond motifs is 1. The van der Waals surface area contributed by atoms with Gasteiger partial charge in [0.25, 0.3) is 8.32 Å². The number of amides is 1. The molecule has 2 aromatic carbocycles. The van der Waals surface area contributed by atoms with E-state index in [9.17, 15) is 9.59 Å². The molecule has 6 nitrogen and oxygen atoms in total. The fourth-order valence-electron chi connectivity index (χ4n) is 6.01. The zero-order chi connectivity index (χ0) is 29.7. The Balaban J connectivity index is 1.62. The van der Waals surface area contributed by atoms with Crippen LogP contribution in [0.25, 0.3) is 0 Å². The average molecular weight is 586 g/mol. The Morgan fingerprint density at radius 1 is 0.925 bits per heavy atom. The summed E-state index contributed by atoms with van der Waals surface area (Å²) >= 11 is 7.09. The van der Waals surface area contributed by atoms with Gasteiger partial charge in [0, 0.05) is 12.0 Å². The summed E-state index contributed by atoms with van der Waals surface area (Å²) in [7, 11) is -2.79. The Kier molecular flexibility index (Phi) is 8.13. The van der Waals surface area contributed by atoms with Crippen LogP contribution in [0, 0.1) is 5.41 Å². The number of nitrogens with zero attached hydrogens (tertiary/aromatic N) is 1. The van der Waals surface area contributed by atoms with Crippen LogP contribution in [0.5, 0.6) is 0 Å². The molecule has 0 radical (unpaired) electrons. The van der Waals surface area contributed by atoms with Crippen LogP contribution in [-0.2, 0) is 18.7 Å². The molecule has 8 heteroatoms. The molecule has 2 fully saturated rings. The van der Waals surface area contributed by atoms with Crippen molar-refractivity contribution in [1.82, 2.24) is 4.90 Å². The van der Waals surface area contributed by atoms with Crippen molar-refractivity contribution in [1.29, 1.82) is 0 Å². The number of ether oxygens (including phenoxy) is 2. The maximum Gasteiger partial charge on any atom is 0.413 e. The Bertz CT molecular complexity index is 1180. The zero-order valence-electron chi connectivity index (χ0n) is 25.3. The third kappa shape index (κ3) is 5.38. The van der Waals surface area contributed by atoms with Crippen LogP contribution in [0.1, 0.15) is 68.7 Å². The average Bonchev–Trinajstić information content (AvgIpc) is 3.25. The van der Waals surface area contributed by atoms with Crippen LogP contribution in [0.2, 0.25) is 5.04 Å². The summed E-state index contributed by atoms with van der Waals surface area (Å²) < 4.78 is 19.1. The largest absolute Gasteiger partial charge is 0.444 e. The normalized spacial score (nSPS) is 25.4. The molecule has 2 aromatic rings. The van der Waals surface area contributed by atoms with Crippen molar-refractivity contribution in [3.63, 3.8) is 0 Å². The van der Waals surface area contributed by atoms with Gasteiger partial charge in [0.15, 0.2) is 5.78 Å². The number of halogens is 1. The predicted octanol–water partition coefficient (Wildman–Crippen LogP) is 5.89. The van der Waals surface area contributed by atoms with Crippen molar-refractivity contribution in [2.24, 2.45) is 5.41 Å². The minimum atomic E-state index is -2.79. The van der Waals surface area contributed by atoms with E-state index < -0.39 is 48.7 Å². The van der Waals surface area contributed by atoms with Crippen LogP contribution in [-0.4, -0.2) is 60.5 Å². The second kappa shape index (κ2) is 10.6. The predicted molar refractivity (Wildman–Crippen MR) is 162 cm³/mol. The molecular weight excluding hydrogens is 542 g/mol. The van der Waals surface area contributed by atoms with Crippen molar-refractivity contribution in [3.8, 4) is 0 Å². The van der Waals surface area contributed by atoms with E-state index in [0.29, 0.717) is 0 Å². The summed E-state index contributed by atoms with van der Waals surface area (Å²) in [5.74, 6) is -0.220. The van der Waals surface area contributed by atoms with E-state index in [0.717, 1.165) is 10.4 Å². The molecule has 1 aliphatic heterocycles. The fourth-order valence-corrected chi connectivity index (χ4v) is 10.9. The molecule has 2 aliphatic rings. The van der Waals surface area contributed by atoms with E-state index in [-0.39, 0.29) is 23.8 Å². The molecule has 4 rings (SSSR count). The van der Waals surface area contributed by atoms with E-state index >= 15 is 0 Å². The summed E-state index contributed by atoms with van der Waals surface area (Å²) in [4.78, 5) is 27.1. The number of benzene rings is 2. The van der Waals surface area contributed by atoms with Gasteiger partial charge in [-0.25, -0.2) is 4.79 Å². The van der Waals surface area contributed by atoms with Crippen molar-refractivity contribution >= 4 is 42.2 Å². The molecule has 0 aromatic heterocycles. The van der Waals surface area contributed by atoms with E-state index in [1.807, 2.05) is 77.9 Å². The first-order valence-corrected chi connectivity index (χ1v) is 16.4. The Labute approximate surface area is 245 Å². The van der Waals surface area contributed by atoms with Crippen LogP contribution < -0.4 is 10.4 Å². The number of hydrogen-bond donors (Lipinski definition) is 0. The van der Waals surface area contributed by atoms with Crippen LogP contribution >= 0.6 is 11.6 Å². The second-order valence-corrected chi connectivity index (χ2v) is 19.1. The molecular formula is C32H44ClNO5Si. The molecule has 0 N–H and O–H groups in total. The summed E-state index contributed by atoms with van der Waals surface area (Å²) in [5, 5.41) is 2.13. The van der Waals surface area contributed by atoms with E-state index in [4.69, 9.17) is 25.5 Å². The molecule has 218 valence electrons. The number of carbonyl (C=O) groups is 2. The number of hydrogen-bond acceptors (Lipinski definition) is 5. The standard InChI is InChI=1S/C32H44ClNO5Si/c1-29(2,3)27-34(28(36)39-30(4,5)6)24-25(35)32(33,26(24)38-27)20-21-37-40(31(7,8)9,22-16-12-10-13-17-22)23-18-14-11-15-19-23/h10-19,24,26-27H,20-21H2,1-9H3/t24-,26-,27+,32-/m0/s1. The number of carbonyl (C=O) groups excluding carboxylic acids is 2. The van der Waals surface area contributed by atoms with E-state index in [2.05, 4.69) is 45.0 Å². The molecule has 1 amide bonds. The lowest BCUT2D eigenvalue weighted by Crippen LogP contribution is -2.71. The molecule has 40 heavy (non-hydrogen) atoms.